The minimum atomic E-state index is -0.304. The Bertz CT molecular complexity index is 1460. The fraction of sp³-hybridized carbons (Fsp3) is 0.0833. The van der Waals surface area contributed by atoms with Gasteiger partial charge in [-0.2, -0.15) is 5.26 Å². The molecule has 0 unspecified atom stereocenters. The van der Waals surface area contributed by atoms with Gasteiger partial charge in [0.2, 0.25) is 5.91 Å². The van der Waals surface area contributed by atoms with E-state index in [1.807, 2.05) is 6.07 Å². The normalized spacial score (nSPS) is 10.6. The number of amides is 1. The van der Waals surface area contributed by atoms with E-state index in [1.54, 1.807) is 66.7 Å². The van der Waals surface area contributed by atoms with Gasteiger partial charge in [0.05, 0.1) is 41.1 Å². The number of hydrogen-bond donors (Lipinski definition) is 1. The van der Waals surface area contributed by atoms with Gasteiger partial charge in [0.15, 0.2) is 5.16 Å². The van der Waals surface area contributed by atoms with Crippen molar-refractivity contribution in [2.45, 2.75) is 5.16 Å². The van der Waals surface area contributed by atoms with E-state index < -0.39 is 0 Å². The number of fused-ring (bicyclic) bond motifs is 1. The fourth-order valence-electron chi connectivity index (χ4n) is 3.26. The summed E-state index contributed by atoms with van der Waals surface area (Å²) in [5.41, 5.74) is 1.60. The molecule has 0 aliphatic rings. The standard InChI is InChI=1S/C24H17ClN4O3S/c1-32-21-8-3-2-7-20(21)29-23(31)18-10-9-16(25)12-19(18)28-24(29)33-14-22(30)27-17-6-4-5-15(11-17)13-26/h2-12H,14H2,1H3,(H,27,30). The van der Waals surface area contributed by atoms with Gasteiger partial charge in [0.1, 0.15) is 5.75 Å². The topological polar surface area (TPSA) is 97.0 Å². The number of ether oxygens (including phenoxy) is 1. The molecular weight excluding hydrogens is 460 g/mol. The lowest BCUT2D eigenvalue weighted by molar-refractivity contribution is -0.113. The zero-order valence-electron chi connectivity index (χ0n) is 17.4. The Morgan fingerprint density at radius 1 is 1.18 bits per heavy atom. The van der Waals surface area contributed by atoms with Crippen LogP contribution in [0.3, 0.4) is 0 Å². The highest BCUT2D eigenvalue weighted by molar-refractivity contribution is 7.99. The van der Waals surface area contributed by atoms with E-state index in [0.29, 0.717) is 43.8 Å². The van der Waals surface area contributed by atoms with Gasteiger partial charge in [-0.05, 0) is 48.5 Å². The molecule has 1 amide bonds. The van der Waals surface area contributed by atoms with Gasteiger partial charge in [-0.1, -0.05) is 41.6 Å². The van der Waals surface area contributed by atoms with Crippen molar-refractivity contribution in [3.8, 4) is 17.5 Å². The summed E-state index contributed by atoms with van der Waals surface area (Å²) in [5, 5.41) is 13.0. The van der Waals surface area contributed by atoms with Crippen molar-refractivity contribution < 1.29 is 9.53 Å². The van der Waals surface area contributed by atoms with Crippen LogP contribution in [0.4, 0.5) is 5.69 Å². The number of halogens is 1. The molecule has 0 aliphatic carbocycles. The summed E-state index contributed by atoms with van der Waals surface area (Å²) in [6.45, 7) is 0. The second kappa shape index (κ2) is 9.77. The summed E-state index contributed by atoms with van der Waals surface area (Å²) in [7, 11) is 1.52. The number of nitrogens with one attached hydrogen (secondary N) is 1. The highest BCUT2D eigenvalue weighted by Crippen LogP contribution is 2.28. The highest BCUT2D eigenvalue weighted by Gasteiger charge is 2.18. The maximum Gasteiger partial charge on any atom is 0.266 e. The number of benzene rings is 3. The van der Waals surface area contributed by atoms with E-state index >= 15 is 0 Å². The first-order valence-corrected chi connectivity index (χ1v) is 11.1. The summed E-state index contributed by atoms with van der Waals surface area (Å²) in [5.74, 6) is 0.182. The van der Waals surface area contributed by atoms with Crippen molar-refractivity contribution in [3.05, 3.63) is 87.7 Å². The minimum Gasteiger partial charge on any atom is -0.495 e. The van der Waals surface area contributed by atoms with E-state index in [9.17, 15) is 9.59 Å². The summed E-state index contributed by atoms with van der Waals surface area (Å²) in [6.07, 6.45) is 0. The summed E-state index contributed by atoms with van der Waals surface area (Å²) >= 11 is 7.22. The average Bonchev–Trinajstić information content (AvgIpc) is 2.82. The van der Waals surface area contributed by atoms with Crippen molar-refractivity contribution in [1.82, 2.24) is 9.55 Å². The third kappa shape index (κ3) is 4.85. The van der Waals surface area contributed by atoms with Crippen LogP contribution in [0.25, 0.3) is 16.6 Å². The van der Waals surface area contributed by atoms with Gasteiger partial charge in [0, 0.05) is 10.7 Å². The predicted octanol–water partition coefficient (Wildman–Crippen LogP) is 4.65. The number of nitriles is 1. The summed E-state index contributed by atoms with van der Waals surface area (Å²) in [4.78, 5) is 30.6. The number of para-hydroxylation sites is 2. The molecule has 0 spiro atoms. The maximum atomic E-state index is 13.4. The summed E-state index contributed by atoms with van der Waals surface area (Å²) < 4.78 is 6.88. The molecule has 0 saturated heterocycles. The van der Waals surface area contributed by atoms with E-state index in [2.05, 4.69) is 10.3 Å². The lowest BCUT2D eigenvalue weighted by Gasteiger charge is -2.15. The third-order valence-corrected chi connectivity index (χ3v) is 5.91. The van der Waals surface area contributed by atoms with Crippen molar-refractivity contribution in [3.63, 3.8) is 0 Å². The lowest BCUT2D eigenvalue weighted by Crippen LogP contribution is -2.23. The number of carbonyl (C=O) groups is 1. The Labute approximate surface area is 198 Å². The van der Waals surface area contributed by atoms with Crippen LogP contribution in [0.5, 0.6) is 5.75 Å². The molecule has 3 aromatic carbocycles. The number of nitrogens with zero attached hydrogens (tertiary/aromatic N) is 3. The number of carbonyl (C=O) groups excluding carboxylic acids is 1. The van der Waals surface area contributed by atoms with E-state index in [4.69, 9.17) is 21.6 Å². The molecule has 0 fully saturated rings. The maximum absolute atomic E-state index is 13.4. The molecular formula is C24H17ClN4O3S. The van der Waals surface area contributed by atoms with Crippen molar-refractivity contribution >= 4 is 45.9 Å². The number of anilines is 1. The van der Waals surface area contributed by atoms with Gasteiger partial charge in [-0.15, -0.1) is 0 Å². The fourth-order valence-corrected chi connectivity index (χ4v) is 4.23. The molecule has 0 bridgehead atoms. The van der Waals surface area contributed by atoms with Gasteiger partial charge in [-0.3, -0.25) is 14.2 Å². The number of rotatable bonds is 6. The molecule has 1 N–H and O–H groups in total. The van der Waals surface area contributed by atoms with Gasteiger partial charge >= 0.3 is 0 Å². The van der Waals surface area contributed by atoms with Crippen LogP contribution in [-0.4, -0.2) is 28.3 Å². The molecule has 9 heteroatoms. The first-order chi connectivity index (χ1) is 16.0. The van der Waals surface area contributed by atoms with Crippen LogP contribution in [-0.2, 0) is 4.79 Å². The molecule has 1 aromatic heterocycles. The monoisotopic (exact) mass is 476 g/mol. The van der Waals surface area contributed by atoms with E-state index in [-0.39, 0.29) is 17.2 Å². The quantitative estimate of drug-likeness (QED) is 0.321. The molecule has 164 valence electrons. The Morgan fingerprint density at radius 3 is 2.79 bits per heavy atom. The largest absolute Gasteiger partial charge is 0.495 e. The Kier molecular flexibility index (Phi) is 6.63. The molecule has 0 atom stereocenters. The van der Waals surface area contributed by atoms with Crippen LogP contribution >= 0.6 is 23.4 Å². The summed E-state index contributed by atoms with van der Waals surface area (Å²) in [6, 6.07) is 20.6. The SMILES string of the molecule is COc1ccccc1-n1c(SCC(=O)Nc2cccc(C#N)c2)nc2cc(Cl)ccc2c1=O. The molecule has 1 heterocycles. The van der Waals surface area contributed by atoms with Gasteiger partial charge in [-0.25, -0.2) is 4.98 Å². The van der Waals surface area contributed by atoms with Crippen LogP contribution in [0.2, 0.25) is 5.02 Å². The van der Waals surface area contributed by atoms with Crippen LogP contribution in [0.15, 0.2) is 76.7 Å². The van der Waals surface area contributed by atoms with Crippen LogP contribution < -0.4 is 15.6 Å². The number of methoxy groups -OCH3 is 1. The zero-order valence-corrected chi connectivity index (χ0v) is 19.0. The second-order valence-corrected chi connectivity index (χ2v) is 8.28. The van der Waals surface area contributed by atoms with Crippen molar-refractivity contribution in [2.24, 2.45) is 0 Å². The first kappa shape index (κ1) is 22.4. The molecule has 7 nitrogen and oxygen atoms in total. The number of hydrogen-bond acceptors (Lipinski definition) is 6. The zero-order chi connectivity index (χ0) is 23.4. The average molecular weight is 477 g/mol. The second-order valence-electron chi connectivity index (χ2n) is 6.90. The predicted molar refractivity (Wildman–Crippen MR) is 129 cm³/mol. The van der Waals surface area contributed by atoms with Crippen molar-refractivity contribution in [1.29, 1.82) is 5.26 Å². The third-order valence-electron chi connectivity index (χ3n) is 4.73. The molecule has 0 aliphatic heterocycles. The molecule has 33 heavy (non-hydrogen) atoms. The van der Waals surface area contributed by atoms with E-state index in [1.165, 1.54) is 11.7 Å². The van der Waals surface area contributed by atoms with Crippen LogP contribution in [0, 0.1) is 11.3 Å². The molecule has 4 rings (SSSR count). The highest BCUT2D eigenvalue weighted by atomic mass is 35.5. The number of thioether (sulfide) groups is 1. The molecule has 4 aromatic rings. The first-order valence-electron chi connectivity index (χ1n) is 9.78. The Balaban J connectivity index is 1.72. The smallest absolute Gasteiger partial charge is 0.266 e. The Hall–Kier alpha value is -3.80. The number of aromatic nitrogens is 2. The van der Waals surface area contributed by atoms with Gasteiger partial charge < -0.3 is 10.1 Å². The van der Waals surface area contributed by atoms with Crippen LogP contribution in [0.1, 0.15) is 5.56 Å². The van der Waals surface area contributed by atoms with Crippen molar-refractivity contribution in [2.75, 3.05) is 18.2 Å². The minimum absolute atomic E-state index is 0.00948. The van der Waals surface area contributed by atoms with Gasteiger partial charge in [0.25, 0.3) is 5.56 Å². The molecule has 0 radical (unpaired) electrons. The lowest BCUT2D eigenvalue weighted by atomic mass is 10.2. The molecule has 0 saturated carbocycles. The Morgan fingerprint density at radius 2 is 2.00 bits per heavy atom. The van der Waals surface area contributed by atoms with E-state index in [0.717, 1.165) is 11.8 Å².